The van der Waals surface area contributed by atoms with Gasteiger partial charge in [-0.3, -0.25) is 9.69 Å². The summed E-state index contributed by atoms with van der Waals surface area (Å²) in [6, 6.07) is 13.7. The first kappa shape index (κ1) is 25.7. The number of amides is 1. The normalized spacial score (nSPS) is 15.2. The van der Waals surface area contributed by atoms with Crippen LogP contribution < -0.4 is 9.64 Å². The molecule has 1 amide bonds. The van der Waals surface area contributed by atoms with Gasteiger partial charge in [0.05, 0.1) is 35.0 Å². The Kier molecular flexibility index (Phi) is 7.26. The van der Waals surface area contributed by atoms with Crippen LogP contribution in [0.25, 0.3) is 10.2 Å². The molecule has 8 nitrogen and oxygen atoms in total. The number of aryl methyl sites for hydroxylation is 1. The maximum Gasteiger partial charge on any atom is 0.243 e. The Balaban J connectivity index is 1.36. The number of piperidine rings is 1. The molecule has 0 spiro atoms. The van der Waals surface area contributed by atoms with Crippen LogP contribution >= 0.6 is 22.9 Å². The number of sulfonamides is 1. The summed E-state index contributed by atoms with van der Waals surface area (Å²) in [7, 11) is -2.13. The minimum absolute atomic E-state index is 0.0966. The van der Waals surface area contributed by atoms with E-state index in [-0.39, 0.29) is 36.4 Å². The molecule has 0 unspecified atom stereocenters. The SMILES string of the molecule is COc1ccc(S(=O)(=O)N2CCC(C(=O)N(Cc3ccco3)c3nc4c(C)c(Cl)ccc4s3)CC2)cc1. The van der Waals surface area contributed by atoms with Crippen LogP contribution in [0.4, 0.5) is 5.13 Å². The minimum Gasteiger partial charge on any atom is -0.497 e. The van der Waals surface area contributed by atoms with E-state index in [9.17, 15) is 13.2 Å². The fraction of sp³-hybridized carbons (Fsp3) is 0.308. The van der Waals surface area contributed by atoms with Crippen LogP contribution in [0.5, 0.6) is 5.75 Å². The van der Waals surface area contributed by atoms with E-state index in [0.717, 1.165) is 15.8 Å². The summed E-state index contributed by atoms with van der Waals surface area (Å²) in [4.78, 5) is 20.4. The van der Waals surface area contributed by atoms with Crippen molar-refractivity contribution in [3.8, 4) is 5.75 Å². The lowest BCUT2D eigenvalue weighted by atomic mass is 9.96. The van der Waals surface area contributed by atoms with Crippen molar-refractivity contribution in [2.24, 2.45) is 5.92 Å². The molecule has 0 radical (unpaired) electrons. The molecule has 0 N–H and O–H groups in total. The van der Waals surface area contributed by atoms with Crippen molar-refractivity contribution >= 4 is 54.2 Å². The molecular formula is C26H26ClN3O5S2. The molecule has 1 aliphatic rings. The molecule has 11 heteroatoms. The van der Waals surface area contributed by atoms with Gasteiger partial charge in [0.2, 0.25) is 15.9 Å². The highest BCUT2D eigenvalue weighted by atomic mass is 35.5. The number of thiazole rings is 1. The lowest BCUT2D eigenvalue weighted by Crippen LogP contribution is -2.44. The highest BCUT2D eigenvalue weighted by Gasteiger charge is 2.35. The first-order valence-corrected chi connectivity index (χ1v) is 14.4. The molecule has 1 fully saturated rings. The molecule has 1 aliphatic heterocycles. The number of hydrogen-bond donors (Lipinski definition) is 0. The molecule has 0 aliphatic carbocycles. The molecule has 1 saturated heterocycles. The number of hydrogen-bond acceptors (Lipinski definition) is 7. The lowest BCUT2D eigenvalue weighted by molar-refractivity contribution is -0.123. The summed E-state index contributed by atoms with van der Waals surface area (Å²) < 4.78 is 39.3. The van der Waals surface area contributed by atoms with Gasteiger partial charge in [-0.2, -0.15) is 4.31 Å². The van der Waals surface area contributed by atoms with Crippen LogP contribution in [0.1, 0.15) is 24.2 Å². The summed E-state index contributed by atoms with van der Waals surface area (Å²) in [6.07, 6.45) is 2.40. The molecule has 3 heterocycles. The van der Waals surface area contributed by atoms with E-state index < -0.39 is 10.0 Å². The number of methoxy groups -OCH3 is 1. The number of anilines is 1. The molecule has 4 aromatic rings. The third kappa shape index (κ3) is 5.11. The Morgan fingerprint density at radius 2 is 1.92 bits per heavy atom. The first-order valence-electron chi connectivity index (χ1n) is 11.8. The van der Waals surface area contributed by atoms with Crippen molar-refractivity contribution in [3.63, 3.8) is 0 Å². The number of benzene rings is 2. The lowest BCUT2D eigenvalue weighted by Gasteiger charge is -2.32. The Hall–Kier alpha value is -2.92. The summed E-state index contributed by atoms with van der Waals surface area (Å²) in [5.41, 5.74) is 1.63. The third-order valence-corrected chi connectivity index (χ3v) is 9.99. The van der Waals surface area contributed by atoms with Gasteiger partial charge in [0.1, 0.15) is 11.5 Å². The van der Waals surface area contributed by atoms with Crippen LogP contribution in [0.15, 0.2) is 64.1 Å². The summed E-state index contributed by atoms with van der Waals surface area (Å²) >= 11 is 7.72. The van der Waals surface area contributed by atoms with Gasteiger partial charge in [-0.1, -0.05) is 22.9 Å². The average Bonchev–Trinajstić information content (AvgIpc) is 3.59. The Morgan fingerprint density at radius 1 is 1.19 bits per heavy atom. The summed E-state index contributed by atoms with van der Waals surface area (Å²) in [5.74, 6) is 0.795. The van der Waals surface area contributed by atoms with Gasteiger partial charge in [0.15, 0.2) is 5.13 Å². The number of carbonyl (C=O) groups is 1. The quantitative estimate of drug-likeness (QED) is 0.297. The van der Waals surface area contributed by atoms with E-state index in [1.807, 2.05) is 25.1 Å². The van der Waals surface area contributed by atoms with Crippen molar-refractivity contribution < 1.29 is 22.4 Å². The molecule has 2 aromatic carbocycles. The number of fused-ring (bicyclic) bond motifs is 1. The number of rotatable bonds is 7. The van der Waals surface area contributed by atoms with Gasteiger partial charge in [-0.05, 0) is 73.9 Å². The van der Waals surface area contributed by atoms with E-state index in [0.29, 0.717) is 34.5 Å². The molecular weight excluding hydrogens is 534 g/mol. The van der Waals surface area contributed by atoms with Gasteiger partial charge in [-0.15, -0.1) is 0 Å². The maximum absolute atomic E-state index is 13.8. The Bertz CT molecular complexity index is 1510. The minimum atomic E-state index is -3.66. The van der Waals surface area contributed by atoms with Gasteiger partial charge in [0, 0.05) is 24.0 Å². The molecule has 37 heavy (non-hydrogen) atoms. The first-order chi connectivity index (χ1) is 17.8. The second-order valence-corrected chi connectivity index (χ2v) is 12.2. The number of carbonyl (C=O) groups excluding carboxylic acids is 1. The molecule has 0 bridgehead atoms. The highest BCUT2D eigenvalue weighted by Crippen LogP contribution is 2.36. The maximum atomic E-state index is 13.8. The molecule has 0 atom stereocenters. The molecule has 194 valence electrons. The van der Waals surface area contributed by atoms with Crippen molar-refractivity contribution in [1.29, 1.82) is 0 Å². The van der Waals surface area contributed by atoms with E-state index in [1.54, 1.807) is 29.4 Å². The monoisotopic (exact) mass is 559 g/mol. The van der Waals surface area contributed by atoms with Crippen LogP contribution in [-0.4, -0.2) is 43.8 Å². The zero-order valence-corrected chi connectivity index (χ0v) is 22.8. The second kappa shape index (κ2) is 10.4. The summed E-state index contributed by atoms with van der Waals surface area (Å²) in [5, 5.41) is 1.19. The van der Waals surface area contributed by atoms with Gasteiger partial charge in [0.25, 0.3) is 0 Å². The number of aromatic nitrogens is 1. The number of ether oxygens (including phenoxy) is 1. The Morgan fingerprint density at radius 3 is 2.57 bits per heavy atom. The topological polar surface area (TPSA) is 93.0 Å². The van der Waals surface area contributed by atoms with Crippen molar-refractivity contribution in [2.75, 3.05) is 25.1 Å². The van der Waals surface area contributed by atoms with Crippen LogP contribution in [-0.2, 0) is 21.4 Å². The van der Waals surface area contributed by atoms with Gasteiger partial charge in [-0.25, -0.2) is 13.4 Å². The predicted octanol–water partition coefficient (Wildman–Crippen LogP) is 5.49. The second-order valence-electron chi connectivity index (χ2n) is 8.87. The van der Waals surface area contributed by atoms with Gasteiger partial charge < -0.3 is 9.15 Å². The largest absolute Gasteiger partial charge is 0.497 e. The smallest absolute Gasteiger partial charge is 0.243 e. The Labute approximate surface area is 224 Å². The predicted molar refractivity (Wildman–Crippen MR) is 144 cm³/mol. The van der Waals surface area contributed by atoms with E-state index in [2.05, 4.69) is 0 Å². The fourth-order valence-electron chi connectivity index (χ4n) is 4.46. The molecule has 2 aromatic heterocycles. The third-order valence-electron chi connectivity index (χ3n) is 6.63. The van der Waals surface area contributed by atoms with Crippen molar-refractivity contribution in [3.05, 3.63) is 71.1 Å². The molecule has 5 rings (SSSR count). The summed E-state index contributed by atoms with van der Waals surface area (Å²) in [6.45, 7) is 2.66. The molecule has 0 saturated carbocycles. The standard InChI is InChI=1S/C26H26ClN3O5S2/c1-17-22(27)9-10-23-24(17)28-26(36-23)30(16-20-4-3-15-35-20)25(31)18-11-13-29(14-12-18)37(32,33)21-7-5-19(34-2)6-8-21/h3-10,15,18H,11-14,16H2,1-2H3. The van der Waals surface area contributed by atoms with Crippen LogP contribution in [0, 0.1) is 12.8 Å². The van der Waals surface area contributed by atoms with E-state index in [1.165, 1.54) is 34.9 Å². The van der Waals surface area contributed by atoms with Crippen LogP contribution in [0.3, 0.4) is 0 Å². The number of furan rings is 1. The van der Waals surface area contributed by atoms with Crippen LogP contribution in [0.2, 0.25) is 5.02 Å². The van der Waals surface area contributed by atoms with E-state index >= 15 is 0 Å². The van der Waals surface area contributed by atoms with Crippen molar-refractivity contribution in [2.45, 2.75) is 31.2 Å². The zero-order valence-electron chi connectivity index (χ0n) is 20.4. The average molecular weight is 560 g/mol. The van der Waals surface area contributed by atoms with Crippen molar-refractivity contribution in [1.82, 2.24) is 9.29 Å². The zero-order chi connectivity index (χ0) is 26.2. The fourth-order valence-corrected chi connectivity index (χ4v) is 7.11. The highest BCUT2D eigenvalue weighted by molar-refractivity contribution is 7.89. The number of nitrogens with zero attached hydrogens (tertiary/aromatic N) is 3. The van der Waals surface area contributed by atoms with E-state index in [4.69, 9.17) is 25.7 Å². The van der Waals surface area contributed by atoms with Gasteiger partial charge >= 0.3 is 0 Å². The number of halogens is 1.